The van der Waals surface area contributed by atoms with Crippen LogP contribution in [-0.4, -0.2) is 29.0 Å². The van der Waals surface area contributed by atoms with E-state index in [4.69, 9.17) is 9.84 Å². The largest absolute Gasteiger partial charge is 0.478 e. The molecule has 7 nitrogen and oxygen atoms in total. The fourth-order valence-corrected chi connectivity index (χ4v) is 2.10. The predicted molar refractivity (Wildman–Crippen MR) is 74.5 cm³/mol. The van der Waals surface area contributed by atoms with Gasteiger partial charge in [0.2, 0.25) is 0 Å². The Bertz CT molecular complexity index is 866. The van der Waals surface area contributed by atoms with E-state index in [9.17, 15) is 19.2 Å². The van der Waals surface area contributed by atoms with Crippen LogP contribution >= 0.6 is 0 Å². The van der Waals surface area contributed by atoms with Gasteiger partial charge in [0.1, 0.15) is 11.3 Å². The fraction of sp³-hybridized carbons (Fsp3) is 0. The highest BCUT2D eigenvalue weighted by molar-refractivity contribution is 6.15. The molecule has 0 saturated heterocycles. The van der Waals surface area contributed by atoms with Gasteiger partial charge in [-0.15, -0.1) is 0 Å². The van der Waals surface area contributed by atoms with Gasteiger partial charge in [0, 0.05) is 0 Å². The van der Waals surface area contributed by atoms with E-state index < -0.39 is 23.9 Å². The summed E-state index contributed by atoms with van der Waals surface area (Å²) < 4.78 is 9.49. The molecule has 1 aliphatic heterocycles. The number of ether oxygens (including phenoxy) is 2. The summed E-state index contributed by atoms with van der Waals surface area (Å²) in [5, 5.41) is 9.05. The maximum atomic E-state index is 12.1. The normalized spacial score (nSPS) is 12.5. The number of para-hydroxylation sites is 1. The molecule has 2 aromatic carbocycles. The van der Waals surface area contributed by atoms with Crippen molar-refractivity contribution in [1.82, 2.24) is 0 Å². The summed E-state index contributed by atoms with van der Waals surface area (Å²) in [5.74, 6) is -3.83. The number of hydrogen-bond acceptors (Lipinski definition) is 6. The second kappa shape index (κ2) is 5.38. The summed E-state index contributed by atoms with van der Waals surface area (Å²) in [6.45, 7) is 0. The van der Waals surface area contributed by atoms with Gasteiger partial charge >= 0.3 is 23.9 Å². The van der Waals surface area contributed by atoms with Crippen molar-refractivity contribution in [3.05, 3.63) is 64.7 Å². The van der Waals surface area contributed by atoms with Gasteiger partial charge in [0.25, 0.3) is 0 Å². The maximum Gasteiger partial charge on any atom is 0.346 e. The molecule has 0 saturated carbocycles. The minimum atomic E-state index is -1.24. The van der Waals surface area contributed by atoms with E-state index >= 15 is 0 Å². The van der Waals surface area contributed by atoms with Crippen LogP contribution in [-0.2, 0) is 4.74 Å². The van der Waals surface area contributed by atoms with Crippen molar-refractivity contribution in [2.45, 2.75) is 0 Å². The first-order valence-corrected chi connectivity index (χ1v) is 6.42. The van der Waals surface area contributed by atoms with Crippen LogP contribution in [0, 0.1) is 0 Å². The molecule has 23 heavy (non-hydrogen) atoms. The average molecular weight is 312 g/mol. The molecule has 0 amide bonds. The highest BCUT2D eigenvalue weighted by Gasteiger charge is 2.30. The topological polar surface area (TPSA) is 107 Å². The molecule has 0 fully saturated rings. The Balaban J connectivity index is 1.91. The third-order valence-corrected chi connectivity index (χ3v) is 3.20. The summed E-state index contributed by atoms with van der Waals surface area (Å²) in [7, 11) is 0. The Labute approximate surface area is 129 Å². The number of rotatable bonds is 3. The molecule has 0 radical (unpaired) electrons. The number of carbonyl (C=O) groups excluding carboxylic acids is 3. The molecule has 1 N–H and O–H groups in total. The van der Waals surface area contributed by atoms with E-state index in [0.29, 0.717) is 0 Å². The molecule has 0 spiro atoms. The summed E-state index contributed by atoms with van der Waals surface area (Å²) in [6.07, 6.45) is 0. The first-order chi connectivity index (χ1) is 11.0. The minimum Gasteiger partial charge on any atom is -0.478 e. The van der Waals surface area contributed by atoms with Crippen LogP contribution in [0.15, 0.2) is 42.5 Å². The first-order valence-electron chi connectivity index (χ1n) is 6.42. The molecule has 0 unspecified atom stereocenters. The molecule has 0 aromatic heterocycles. The molecular weight excluding hydrogens is 304 g/mol. The number of fused-ring (bicyclic) bond motifs is 1. The van der Waals surface area contributed by atoms with E-state index in [2.05, 4.69) is 4.74 Å². The van der Waals surface area contributed by atoms with Gasteiger partial charge in [0.05, 0.1) is 16.7 Å². The lowest BCUT2D eigenvalue weighted by Gasteiger charge is -2.07. The summed E-state index contributed by atoms with van der Waals surface area (Å²) in [5.41, 5.74) is -0.138. The van der Waals surface area contributed by atoms with Crippen molar-refractivity contribution in [3.63, 3.8) is 0 Å². The summed E-state index contributed by atoms with van der Waals surface area (Å²) in [4.78, 5) is 46.0. The Morgan fingerprint density at radius 1 is 0.957 bits per heavy atom. The Morgan fingerprint density at radius 2 is 1.65 bits per heavy atom. The zero-order chi connectivity index (χ0) is 16.6. The van der Waals surface area contributed by atoms with Gasteiger partial charge in [-0.25, -0.2) is 19.2 Å². The molecule has 1 aliphatic rings. The Morgan fingerprint density at radius 3 is 2.39 bits per heavy atom. The number of esters is 3. The standard InChI is InChI=1S/C16H8O7/c17-13(18)10-3-1-2-4-12(10)22-14(19)8-5-6-9-11(7-8)16(21)23-15(9)20/h1-7H,(H,17,18). The molecule has 2 aromatic rings. The second-order valence-electron chi connectivity index (χ2n) is 4.63. The lowest BCUT2D eigenvalue weighted by Crippen LogP contribution is -2.12. The molecule has 0 atom stereocenters. The van der Waals surface area contributed by atoms with Crippen molar-refractivity contribution in [2.24, 2.45) is 0 Å². The first kappa shape index (κ1) is 14.5. The maximum absolute atomic E-state index is 12.1. The van der Waals surface area contributed by atoms with E-state index in [1.165, 1.54) is 42.5 Å². The van der Waals surface area contributed by atoms with E-state index in [1.54, 1.807) is 0 Å². The van der Waals surface area contributed by atoms with Crippen LogP contribution in [0.2, 0.25) is 0 Å². The SMILES string of the molecule is O=C(Oc1ccccc1C(=O)O)c1ccc2c(c1)C(=O)OC2=O. The third-order valence-electron chi connectivity index (χ3n) is 3.20. The highest BCUT2D eigenvalue weighted by atomic mass is 16.6. The number of aromatic carboxylic acids is 1. The molecule has 0 aliphatic carbocycles. The average Bonchev–Trinajstić information content (AvgIpc) is 2.82. The lowest BCUT2D eigenvalue weighted by molar-refractivity contribution is 0.0442. The molecule has 1 heterocycles. The van der Waals surface area contributed by atoms with E-state index in [1.807, 2.05) is 0 Å². The van der Waals surface area contributed by atoms with E-state index in [0.717, 1.165) is 0 Å². The van der Waals surface area contributed by atoms with Crippen LogP contribution in [0.25, 0.3) is 0 Å². The number of carboxylic acid groups (broad SMARTS) is 1. The van der Waals surface area contributed by atoms with Crippen molar-refractivity contribution in [3.8, 4) is 5.75 Å². The summed E-state index contributed by atoms with van der Waals surface area (Å²) >= 11 is 0. The van der Waals surface area contributed by atoms with Crippen molar-refractivity contribution < 1.29 is 33.8 Å². The number of cyclic esters (lactones) is 2. The van der Waals surface area contributed by atoms with Crippen LogP contribution in [0.3, 0.4) is 0 Å². The lowest BCUT2D eigenvalue weighted by atomic mass is 10.1. The van der Waals surface area contributed by atoms with Crippen LogP contribution in [0.4, 0.5) is 0 Å². The van der Waals surface area contributed by atoms with Crippen molar-refractivity contribution in [2.75, 3.05) is 0 Å². The van der Waals surface area contributed by atoms with Gasteiger partial charge < -0.3 is 14.6 Å². The van der Waals surface area contributed by atoms with Gasteiger partial charge in [-0.2, -0.15) is 0 Å². The van der Waals surface area contributed by atoms with Crippen molar-refractivity contribution in [1.29, 1.82) is 0 Å². The predicted octanol–water partition coefficient (Wildman–Crippen LogP) is 1.91. The van der Waals surface area contributed by atoms with Crippen LogP contribution in [0.5, 0.6) is 5.75 Å². The number of hydrogen-bond donors (Lipinski definition) is 1. The van der Waals surface area contributed by atoms with Crippen LogP contribution in [0.1, 0.15) is 41.4 Å². The summed E-state index contributed by atoms with van der Waals surface area (Å²) in [6, 6.07) is 9.41. The molecule has 114 valence electrons. The number of carbonyl (C=O) groups is 4. The number of carboxylic acids is 1. The third kappa shape index (κ3) is 2.55. The smallest absolute Gasteiger partial charge is 0.346 e. The second-order valence-corrected chi connectivity index (χ2v) is 4.63. The molecule has 3 rings (SSSR count). The minimum absolute atomic E-state index is 0.00408. The Hall–Kier alpha value is -3.48. The van der Waals surface area contributed by atoms with E-state index in [-0.39, 0.29) is 28.0 Å². The zero-order valence-corrected chi connectivity index (χ0v) is 11.4. The highest BCUT2D eigenvalue weighted by Crippen LogP contribution is 2.23. The zero-order valence-electron chi connectivity index (χ0n) is 11.4. The molecular formula is C16H8O7. The molecule has 7 heteroatoms. The monoisotopic (exact) mass is 312 g/mol. The Kier molecular flexibility index (Phi) is 3.38. The van der Waals surface area contributed by atoms with Gasteiger partial charge in [0.15, 0.2) is 0 Å². The van der Waals surface area contributed by atoms with Gasteiger partial charge in [-0.3, -0.25) is 0 Å². The fourth-order valence-electron chi connectivity index (χ4n) is 2.10. The van der Waals surface area contributed by atoms with Crippen molar-refractivity contribution >= 4 is 23.9 Å². The number of benzene rings is 2. The van der Waals surface area contributed by atoms with Gasteiger partial charge in [-0.1, -0.05) is 12.1 Å². The van der Waals surface area contributed by atoms with Gasteiger partial charge in [-0.05, 0) is 30.3 Å². The quantitative estimate of drug-likeness (QED) is 0.524. The molecule has 0 bridgehead atoms. The van der Waals surface area contributed by atoms with Crippen LogP contribution < -0.4 is 4.74 Å².